The van der Waals surface area contributed by atoms with Crippen LogP contribution in [-0.2, 0) is 6.42 Å². The van der Waals surface area contributed by atoms with Gasteiger partial charge in [0.2, 0.25) is 0 Å². The summed E-state index contributed by atoms with van der Waals surface area (Å²) in [4.78, 5) is 5.74. The van der Waals surface area contributed by atoms with Crippen molar-refractivity contribution in [2.75, 3.05) is 0 Å². The van der Waals surface area contributed by atoms with E-state index in [9.17, 15) is 0 Å². The number of nitrogens with zero attached hydrogens (tertiary/aromatic N) is 1. The normalized spacial score (nSPS) is 10.8. The van der Waals surface area contributed by atoms with Gasteiger partial charge in [0.1, 0.15) is 0 Å². The van der Waals surface area contributed by atoms with Crippen molar-refractivity contribution in [3.63, 3.8) is 0 Å². The summed E-state index contributed by atoms with van der Waals surface area (Å²) < 4.78 is 1.34. The van der Waals surface area contributed by atoms with Crippen LogP contribution in [0.5, 0.6) is 0 Å². The third-order valence-electron chi connectivity index (χ3n) is 2.01. The van der Waals surface area contributed by atoms with Gasteiger partial charge >= 0.3 is 0 Å². The molecule has 0 aliphatic carbocycles. The highest BCUT2D eigenvalue weighted by Gasteiger charge is 2.02. The van der Waals surface area contributed by atoms with Crippen LogP contribution >= 0.6 is 11.3 Å². The van der Waals surface area contributed by atoms with E-state index in [0.29, 0.717) is 0 Å². The van der Waals surface area contributed by atoms with Crippen molar-refractivity contribution < 1.29 is 0 Å². The zero-order valence-electron chi connectivity index (χ0n) is 7.29. The Hall–Kier alpha value is -0.890. The molecule has 12 heavy (non-hydrogen) atoms. The molecule has 0 unspecified atom stereocenters. The standard InChI is InChI=1S/C10H11NS/c1-3-8-6-9-10(12-8)7(2)4-5-11-9/h4-6H,3H2,1-2H3. The van der Waals surface area contributed by atoms with Crippen molar-refractivity contribution in [1.82, 2.24) is 4.98 Å². The molecule has 2 heterocycles. The van der Waals surface area contributed by atoms with E-state index in [0.717, 1.165) is 11.9 Å². The molecule has 0 aliphatic rings. The first-order chi connectivity index (χ1) is 5.81. The van der Waals surface area contributed by atoms with Crippen LogP contribution in [-0.4, -0.2) is 4.98 Å². The van der Waals surface area contributed by atoms with Crippen LogP contribution in [0.1, 0.15) is 17.4 Å². The Balaban J connectivity index is 2.74. The SMILES string of the molecule is CCc1cc2nccc(C)c2s1. The lowest BCUT2D eigenvalue weighted by atomic mass is 10.2. The van der Waals surface area contributed by atoms with Gasteiger partial charge in [-0.05, 0) is 31.0 Å². The zero-order chi connectivity index (χ0) is 8.55. The Labute approximate surface area is 76.1 Å². The molecule has 0 amide bonds. The highest BCUT2D eigenvalue weighted by atomic mass is 32.1. The number of hydrogen-bond donors (Lipinski definition) is 0. The van der Waals surface area contributed by atoms with E-state index in [2.05, 4.69) is 31.0 Å². The van der Waals surface area contributed by atoms with Gasteiger partial charge in [0, 0.05) is 11.1 Å². The van der Waals surface area contributed by atoms with Crippen LogP contribution in [0.2, 0.25) is 0 Å². The Morgan fingerprint density at radius 3 is 3.00 bits per heavy atom. The fraction of sp³-hybridized carbons (Fsp3) is 0.300. The minimum Gasteiger partial charge on any atom is -0.255 e. The molecule has 0 atom stereocenters. The average molecular weight is 177 g/mol. The Morgan fingerprint density at radius 2 is 2.33 bits per heavy atom. The summed E-state index contributed by atoms with van der Waals surface area (Å²) in [6, 6.07) is 4.26. The summed E-state index contributed by atoms with van der Waals surface area (Å²) >= 11 is 1.86. The van der Waals surface area contributed by atoms with Gasteiger partial charge in [0.15, 0.2) is 0 Å². The van der Waals surface area contributed by atoms with Crippen LogP contribution in [0.3, 0.4) is 0 Å². The van der Waals surface area contributed by atoms with E-state index in [1.165, 1.54) is 15.1 Å². The third-order valence-corrected chi connectivity index (χ3v) is 3.41. The van der Waals surface area contributed by atoms with Gasteiger partial charge < -0.3 is 0 Å². The molecule has 0 fully saturated rings. The molecule has 1 nitrogen and oxygen atoms in total. The highest BCUT2D eigenvalue weighted by Crippen LogP contribution is 2.26. The summed E-state index contributed by atoms with van der Waals surface area (Å²) in [5.41, 5.74) is 2.49. The molecular formula is C10H11NS. The van der Waals surface area contributed by atoms with Gasteiger partial charge in [-0.2, -0.15) is 0 Å². The minimum atomic E-state index is 1.11. The fourth-order valence-electron chi connectivity index (χ4n) is 1.29. The first-order valence-corrected chi connectivity index (χ1v) is 4.97. The Kier molecular flexibility index (Phi) is 1.85. The van der Waals surface area contributed by atoms with Crippen LogP contribution < -0.4 is 0 Å². The second-order valence-corrected chi connectivity index (χ2v) is 4.05. The van der Waals surface area contributed by atoms with Crippen molar-refractivity contribution >= 4 is 21.6 Å². The summed E-state index contributed by atoms with van der Waals surface area (Å²) in [5, 5.41) is 0. The zero-order valence-corrected chi connectivity index (χ0v) is 8.11. The lowest BCUT2D eigenvalue weighted by Gasteiger charge is -1.90. The number of hydrogen-bond acceptors (Lipinski definition) is 2. The smallest absolute Gasteiger partial charge is 0.0815 e. The Morgan fingerprint density at radius 1 is 1.50 bits per heavy atom. The second-order valence-electron chi connectivity index (χ2n) is 2.91. The van der Waals surface area contributed by atoms with Gasteiger partial charge in [-0.25, -0.2) is 0 Å². The summed E-state index contributed by atoms with van der Waals surface area (Å²) in [6.45, 7) is 4.32. The number of aromatic nitrogens is 1. The van der Waals surface area contributed by atoms with E-state index < -0.39 is 0 Å². The molecule has 0 radical (unpaired) electrons. The maximum absolute atomic E-state index is 4.32. The molecular weight excluding hydrogens is 166 g/mol. The van der Waals surface area contributed by atoms with Crippen molar-refractivity contribution in [2.45, 2.75) is 20.3 Å². The minimum absolute atomic E-state index is 1.11. The van der Waals surface area contributed by atoms with Crippen LogP contribution in [0.15, 0.2) is 18.3 Å². The quantitative estimate of drug-likeness (QED) is 0.652. The van der Waals surface area contributed by atoms with Gasteiger partial charge in [0.25, 0.3) is 0 Å². The molecule has 0 spiro atoms. The first kappa shape index (κ1) is 7.74. The Bertz CT molecular complexity index is 403. The molecule has 0 N–H and O–H groups in total. The molecule has 2 heteroatoms. The molecule has 0 saturated carbocycles. The lowest BCUT2D eigenvalue weighted by Crippen LogP contribution is -1.74. The van der Waals surface area contributed by atoms with E-state index in [1.807, 2.05) is 17.5 Å². The monoisotopic (exact) mass is 177 g/mol. The number of aryl methyl sites for hydroxylation is 2. The van der Waals surface area contributed by atoms with Gasteiger partial charge in [-0.3, -0.25) is 4.98 Å². The number of rotatable bonds is 1. The van der Waals surface area contributed by atoms with Crippen LogP contribution in [0.25, 0.3) is 10.2 Å². The van der Waals surface area contributed by atoms with E-state index in [4.69, 9.17) is 0 Å². The number of fused-ring (bicyclic) bond motifs is 1. The summed E-state index contributed by atoms with van der Waals surface area (Å²) in [5.74, 6) is 0. The van der Waals surface area contributed by atoms with Crippen LogP contribution in [0.4, 0.5) is 0 Å². The van der Waals surface area contributed by atoms with Gasteiger partial charge in [-0.1, -0.05) is 6.92 Å². The maximum Gasteiger partial charge on any atom is 0.0815 e. The van der Waals surface area contributed by atoms with Crippen molar-refractivity contribution in [3.8, 4) is 0 Å². The van der Waals surface area contributed by atoms with Crippen molar-refractivity contribution in [1.29, 1.82) is 0 Å². The van der Waals surface area contributed by atoms with Crippen LogP contribution in [0, 0.1) is 6.92 Å². The maximum atomic E-state index is 4.32. The molecule has 0 aromatic carbocycles. The lowest BCUT2D eigenvalue weighted by molar-refractivity contribution is 1.19. The summed E-state index contributed by atoms with van der Waals surface area (Å²) in [7, 11) is 0. The van der Waals surface area contributed by atoms with E-state index in [1.54, 1.807) is 0 Å². The van der Waals surface area contributed by atoms with Gasteiger partial charge in [-0.15, -0.1) is 11.3 Å². The molecule has 0 bridgehead atoms. The molecule has 2 aromatic heterocycles. The van der Waals surface area contributed by atoms with Gasteiger partial charge in [0.05, 0.1) is 10.2 Å². The number of thiophene rings is 1. The molecule has 0 saturated heterocycles. The molecule has 2 rings (SSSR count). The average Bonchev–Trinajstić information content (AvgIpc) is 2.49. The highest BCUT2D eigenvalue weighted by molar-refractivity contribution is 7.19. The van der Waals surface area contributed by atoms with E-state index in [-0.39, 0.29) is 0 Å². The number of pyridine rings is 1. The molecule has 62 valence electrons. The topological polar surface area (TPSA) is 12.9 Å². The summed E-state index contributed by atoms with van der Waals surface area (Å²) in [6.07, 6.45) is 2.99. The second kappa shape index (κ2) is 2.87. The third kappa shape index (κ3) is 1.12. The van der Waals surface area contributed by atoms with Crippen molar-refractivity contribution in [2.24, 2.45) is 0 Å². The largest absolute Gasteiger partial charge is 0.255 e. The predicted octanol–water partition coefficient (Wildman–Crippen LogP) is 3.17. The molecule has 0 aliphatic heterocycles. The first-order valence-electron chi connectivity index (χ1n) is 4.15. The fourth-order valence-corrected chi connectivity index (χ4v) is 2.31. The van der Waals surface area contributed by atoms with E-state index >= 15 is 0 Å². The van der Waals surface area contributed by atoms with Crippen molar-refractivity contribution in [3.05, 3.63) is 28.8 Å². The predicted molar refractivity (Wildman–Crippen MR) is 53.7 cm³/mol. The molecule has 2 aromatic rings.